The van der Waals surface area contributed by atoms with Crippen LogP contribution in [0.25, 0.3) is 21.9 Å². The summed E-state index contributed by atoms with van der Waals surface area (Å²) in [4.78, 5) is 38.7. The van der Waals surface area contributed by atoms with Gasteiger partial charge in [0.2, 0.25) is 0 Å². The number of ether oxygens (including phenoxy) is 1. The van der Waals surface area contributed by atoms with Gasteiger partial charge in [0.15, 0.2) is 6.61 Å². The molecule has 1 amide bonds. The van der Waals surface area contributed by atoms with Gasteiger partial charge < -0.3 is 34.5 Å². The number of carbonyl (C=O) groups excluding carboxylic acids is 2. The Bertz CT molecular complexity index is 1400. The number of rotatable bonds is 8. The van der Waals surface area contributed by atoms with Gasteiger partial charge in [-0.25, -0.2) is 4.79 Å². The van der Waals surface area contributed by atoms with Crippen molar-refractivity contribution in [2.45, 2.75) is 25.8 Å². The Kier molecular flexibility index (Phi) is 6.03. The Balaban J connectivity index is 1.43. The number of hydrogen-bond acceptors (Lipinski definition) is 7. The molecule has 0 aliphatic rings. The molecule has 2 aromatic carbocycles. The molecule has 0 fully saturated rings. The van der Waals surface area contributed by atoms with Crippen molar-refractivity contribution < 1.29 is 29.0 Å². The Morgan fingerprint density at radius 1 is 1.15 bits per heavy atom. The Morgan fingerprint density at radius 3 is 2.73 bits per heavy atom. The lowest BCUT2D eigenvalue weighted by Gasteiger charge is -2.19. The van der Waals surface area contributed by atoms with E-state index in [0.717, 1.165) is 16.5 Å². The first kappa shape index (κ1) is 21.9. The molecular formula is C24H21N2O7-. The number of carbonyl (C=O) groups is 2. The zero-order valence-electron chi connectivity index (χ0n) is 17.7. The molecule has 4 aromatic rings. The maximum Gasteiger partial charge on any atom is 0.336 e. The highest BCUT2D eigenvalue weighted by molar-refractivity contribution is 5.87. The van der Waals surface area contributed by atoms with Crippen LogP contribution in [0.1, 0.15) is 18.1 Å². The molecule has 3 N–H and O–H groups in total. The first-order valence-electron chi connectivity index (χ1n) is 10.3. The minimum absolute atomic E-state index is 0.0432. The second-order valence-electron chi connectivity index (χ2n) is 7.58. The summed E-state index contributed by atoms with van der Waals surface area (Å²) < 4.78 is 10.7. The third-order valence-corrected chi connectivity index (χ3v) is 5.35. The van der Waals surface area contributed by atoms with Crippen molar-refractivity contribution in [3.05, 3.63) is 70.2 Å². The van der Waals surface area contributed by atoms with E-state index in [1.54, 1.807) is 24.4 Å². The van der Waals surface area contributed by atoms with Gasteiger partial charge in [-0.3, -0.25) is 4.79 Å². The van der Waals surface area contributed by atoms with Crippen LogP contribution in [0.3, 0.4) is 0 Å². The molecule has 0 aliphatic heterocycles. The fourth-order valence-corrected chi connectivity index (χ4v) is 3.73. The molecule has 0 unspecified atom stereocenters. The Labute approximate surface area is 187 Å². The molecule has 0 bridgehead atoms. The fourth-order valence-electron chi connectivity index (χ4n) is 3.73. The van der Waals surface area contributed by atoms with Crippen molar-refractivity contribution in [3.8, 4) is 11.5 Å². The number of nitrogens with one attached hydrogen (secondary N) is 2. The molecule has 0 aliphatic carbocycles. The van der Waals surface area contributed by atoms with Gasteiger partial charge in [0.1, 0.15) is 17.1 Å². The van der Waals surface area contributed by atoms with Crippen LogP contribution in [0, 0.1) is 0 Å². The molecule has 0 saturated carbocycles. The van der Waals surface area contributed by atoms with Gasteiger partial charge in [-0.05, 0) is 47.9 Å². The van der Waals surface area contributed by atoms with E-state index in [-0.39, 0.29) is 12.2 Å². The number of H-pyrrole nitrogens is 1. The van der Waals surface area contributed by atoms with Crippen molar-refractivity contribution in [2.75, 3.05) is 6.61 Å². The van der Waals surface area contributed by atoms with Gasteiger partial charge in [-0.2, -0.15) is 0 Å². The number of phenols is 1. The highest BCUT2D eigenvalue weighted by atomic mass is 16.5. The van der Waals surface area contributed by atoms with Crippen LogP contribution in [-0.4, -0.2) is 34.6 Å². The van der Waals surface area contributed by atoms with Gasteiger partial charge in [-0.15, -0.1) is 0 Å². The standard InChI is InChI=1S/C24H22N2O7/c1-2-13-8-23(29)33-21-10-16(4-5-17(13)21)32-12-22(28)26-20(24(30)31)7-14-11-25-19-6-3-15(27)9-18(14)19/h3-6,8-11,20,25,27H,2,7,12H2,1H3,(H,26,28)(H,30,31)/p-1/t20-/m1/s1. The number of aliphatic carboxylic acids is 1. The predicted molar refractivity (Wildman–Crippen MR) is 118 cm³/mol. The van der Waals surface area contributed by atoms with Crippen LogP contribution in [0.2, 0.25) is 0 Å². The number of aromatic amines is 1. The molecule has 0 saturated heterocycles. The minimum atomic E-state index is -1.45. The van der Waals surface area contributed by atoms with Crippen LogP contribution < -0.4 is 20.8 Å². The zero-order chi connectivity index (χ0) is 23.5. The third-order valence-electron chi connectivity index (χ3n) is 5.35. The van der Waals surface area contributed by atoms with E-state index in [0.29, 0.717) is 28.7 Å². The third kappa shape index (κ3) is 4.82. The van der Waals surface area contributed by atoms with Crippen LogP contribution in [0.15, 0.2) is 57.9 Å². The maximum atomic E-state index is 12.3. The SMILES string of the molecule is CCc1cc(=O)oc2cc(OCC(=O)N[C@H](Cc3c[nH]c4ccc(O)cc34)C(=O)[O-])ccc12. The van der Waals surface area contributed by atoms with Gasteiger partial charge in [0.05, 0.1) is 12.0 Å². The lowest BCUT2D eigenvalue weighted by atomic mass is 10.0. The van der Waals surface area contributed by atoms with Gasteiger partial charge in [0, 0.05) is 41.0 Å². The number of amides is 1. The van der Waals surface area contributed by atoms with E-state index in [1.165, 1.54) is 24.3 Å². The molecule has 33 heavy (non-hydrogen) atoms. The summed E-state index contributed by atoms with van der Waals surface area (Å²) in [6, 6.07) is 9.72. The fraction of sp³-hybridized carbons (Fsp3) is 0.208. The molecular weight excluding hydrogens is 428 g/mol. The largest absolute Gasteiger partial charge is 0.548 e. The summed E-state index contributed by atoms with van der Waals surface area (Å²) in [6.45, 7) is 1.48. The van der Waals surface area contributed by atoms with Crippen molar-refractivity contribution in [1.82, 2.24) is 10.3 Å². The molecule has 0 radical (unpaired) electrons. The second-order valence-corrected chi connectivity index (χ2v) is 7.58. The summed E-state index contributed by atoms with van der Waals surface area (Å²) in [5.74, 6) is -1.76. The minimum Gasteiger partial charge on any atom is -0.548 e. The quantitative estimate of drug-likeness (QED) is 0.345. The average molecular weight is 449 g/mol. The number of hydrogen-bond donors (Lipinski definition) is 3. The average Bonchev–Trinajstić information content (AvgIpc) is 3.18. The van der Waals surface area contributed by atoms with Crippen molar-refractivity contribution in [1.29, 1.82) is 0 Å². The van der Waals surface area contributed by atoms with Crippen molar-refractivity contribution in [2.24, 2.45) is 0 Å². The number of fused-ring (bicyclic) bond motifs is 2. The normalized spacial score (nSPS) is 12.0. The Hall–Kier alpha value is -4.27. The lowest BCUT2D eigenvalue weighted by Crippen LogP contribution is -2.50. The van der Waals surface area contributed by atoms with Gasteiger partial charge in [-0.1, -0.05) is 6.92 Å². The number of carboxylic acid groups (broad SMARTS) is 1. The highest BCUT2D eigenvalue weighted by Gasteiger charge is 2.17. The molecule has 170 valence electrons. The number of aromatic nitrogens is 1. The molecule has 9 nitrogen and oxygen atoms in total. The monoisotopic (exact) mass is 449 g/mol. The van der Waals surface area contributed by atoms with Crippen LogP contribution in [0.5, 0.6) is 11.5 Å². The first-order chi connectivity index (χ1) is 15.8. The maximum absolute atomic E-state index is 12.3. The summed E-state index contributed by atoms with van der Waals surface area (Å²) in [5, 5.41) is 25.1. The number of benzene rings is 2. The van der Waals surface area contributed by atoms with Gasteiger partial charge in [0.25, 0.3) is 5.91 Å². The smallest absolute Gasteiger partial charge is 0.336 e. The molecule has 9 heteroatoms. The molecule has 2 heterocycles. The second kappa shape index (κ2) is 9.07. The molecule has 0 spiro atoms. The van der Waals surface area contributed by atoms with Crippen molar-refractivity contribution in [3.63, 3.8) is 0 Å². The van der Waals surface area contributed by atoms with E-state index in [9.17, 15) is 24.6 Å². The van der Waals surface area contributed by atoms with E-state index in [1.807, 2.05) is 6.92 Å². The van der Waals surface area contributed by atoms with Crippen LogP contribution in [-0.2, 0) is 22.4 Å². The van der Waals surface area contributed by atoms with E-state index < -0.39 is 30.2 Å². The molecule has 4 rings (SSSR count). The summed E-state index contributed by atoms with van der Waals surface area (Å²) in [5.41, 5.74) is 2.04. The van der Waals surface area contributed by atoms with Crippen molar-refractivity contribution >= 4 is 33.7 Å². The van der Waals surface area contributed by atoms with Gasteiger partial charge >= 0.3 is 5.63 Å². The Morgan fingerprint density at radius 2 is 1.97 bits per heavy atom. The number of aryl methyl sites for hydroxylation is 1. The van der Waals surface area contributed by atoms with Crippen LogP contribution in [0.4, 0.5) is 0 Å². The highest BCUT2D eigenvalue weighted by Crippen LogP contribution is 2.24. The number of aromatic hydroxyl groups is 1. The molecule has 2 aromatic heterocycles. The van der Waals surface area contributed by atoms with E-state index in [4.69, 9.17) is 9.15 Å². The summed E-state index contributed by atoms with van der Waals surface area (Å²) in [6.07, 6.45) is 2.24. The number of carboxylic acids is 1. The predicted octanol–water partition coefficient (Wildman–Crippen LogP) is 1.40. The number of phenolic OH excluding ortho intramolecular Hbond substituents is 1. The lowest BCUT2D eigenvalue weighted by molar-refractivity contribution is -0.308. The zero-order valence-corrected chi connectivity index (χ0v) is 17.7. The topological polar surface area (TPSA) is 145 Å². The summed E-state index contributed by atoms with van der Waals surface area (Å²) in [7, 11) is 0. The first-order valence-corrected chi connectivity index (χ1v) is 10.3. The summed E-state index contributed by atoms with van der Waals surface area (Å²) >= 11 is 0. The van der Waals surface area contributed by atoms with Crippen LogP contribution >= 0.6 is 0 Å². The molecule has 1 atom stereocenters. The van der Waals surface area contributed by atoms with E-state index in [2.05, 4.69) is 10.3 Å². The van der Waals surface area contributed by atoms with E-state index >= 15 is 0 Å².